The minimum atomic E-state index is 0. The number of allylic oxidation sites excluding steroid dienone is 2. The Balaban J connectivity index is 0. The summed E-state index contributed by atoms with van der Waals surface area (Å²) in [7, 11) is 0. The summed E-state index contributed by atoms with van der Waals surface area (Å²) in [6, 6.07) is 18.3. The smallest absolute Gasteiger partial charge is 0.348 e. The summed E-state index contributed by atoms with van der Waals surface area (Å²) in [4.78, 5) is 3.34. The Morgan fingerprint density at radius 2 is 0.603 bits per heavy atom. The maximum atomic E-state index is 9.41. The van der Waals surface area contributed by atoms with E-state index in [0.717, 1.165) is 63.4 Å². The summed E-state index contributed by atoms with van der Waals surface area (Å²) in [6.45, 7) is 21.3. The molecule has 0 aliphatic rings. The second-order valence-corrected chi connectivity index (χ2v) is 23.4. The fourth-order valence-electron chi connectivity index (χ4n) is 10.8. The van der Waals surface area contributed by atoms with Gasteiger partial charge in [-0.2, -0.15) is 12.8 Å². The summed E-state index contributed by atoms with van der Waals surface area (Å²) < 4.78 is 0. The number of hydrogen-bond donors (Lipinski definition) is 0. The molecule has 0 saturated carbocycles. The van der Waals surface area contributed by atoms with Gasteiger partial charge in [0.1, 0.15) is 0 Å². The van der Waals surface area contributed by atoms with Gasteiger partial charge in [-0.05, 0) is 78.3 Å². The first-order valence-electron chi connectivity index (χ1n) is 34.5. The molecule has 0 unspecified atom stereocenters. The Bertz CT molecular complexity index is 1540. The minimum Gasteiger partial charge on any atom is -0.348 e. The van der Waals surface area contributed by atoms with Crippen LogP contribution in [0.25, 0.3) is 11.1 Å². The van der Waals surface area contributed by atoms with E-state index in [9.17, 15) is 5.53 Å². The van der Waals surface area contributed by atoms with Crippen LogP contribution in [0.4, 0.5) is 0 Å². The van der Waals surface area contributed by atoms with E-state index in [2.05, 4.69) is 115 Å². The van der Waals surface area contributed by atoms with E-state index in [1.165, 1.54) is 303 Å². The van der Waals surface area contributed by atoms with Gasteiger partial charge in [-0.15, -0.1) is 4.79 Å². The van der Waals surface area contributed by atoms with Gasteiger partial charge in [0.2, 0.25) is 0 Å². The molecule has 3 heteroatoms. The van der Waals surface area contributed by atoms with Crippen LogP contribution in [0.1, 0.15) is 378 Å². The number of nitrogens with zero attached hydrogens (tertiary/aromatic N) is 2. The molecule has 2 nitrogen and oxygen atoms in total. The second kappa shape index (κ2) is 64.0. The van der Waals surface area contributed by atoms with E-state index in [1.807, 2.05) is 0 Å². The van der Waals surface area contributed by atoms with E-state index >= 15 is 0 Å². The Morgan fingerprint density at radius 1 is 0.333 bits per heavy atom. The van der Waals surface area contributed by atoms with Crippen molar-refractivity contribution in [3.63, 3.8) is 0 Å². The molecule has 0 amide bonds. The molecule has 0 bridgehead atoms. The van der Waals surface area contributed by atoms with Gasteiger partial charge in [0.25, 0.3) is 0 Å². The molecule has 0 atom stereocenters. The third kappa shape index (κ3) is 48.5. The van der Waals surface area contributed by atoms with E-state index in [-0.39, 0.29) is 16.5 Å². The molecule has 0 aliphatic carbocycles. The first-order chi connectivity index (χ1) is 38.0. The van der Waals surface area contributed by atoms with Crippen LogP contribution in [0.15, 0.2) is 59.7 Å². The van der Waals surface area contributed by atoms with E-state index in [4.69, 9.17) is 0 Å². The van der Waals surface area contributed by atoms with Gasteiger partial charge in [-0.25, -0.2) is 0 Å². The average Bonchev–Trinajstić information content (AvgIpc) is 3.45. The van der Waals surface area contributed by atoms with Crippen LogP contribution in [0, 0.1) is 13.8 Å². The normalized spacial score (nSPS) is 11.2. The molecule has 0 heterocycles. The molecular formula is C75H132N2Ni. The first kappa shape index (κ1) is 77.9. The van der Waals surface area contributed by atoms with Crippen LogP contribution < -0.4 is 0 Å². The number of benzene rings is 2. The van der Waals surface area contributed by atoms with Gasteiger partial charge in [0.05, 0.1) is 5.57 Å². The summed E-state index contributed by atoms with van der Waals surface area (Å²) in [5, 5.41) is 0. The van der Waals surface area contributed by atoms with E-state index < -0.39 is 0 Å². The molecule has 0 fully saturated rings. The summed E-state index contributed by atoms with van der Waals surface area (Å²) in [6.07, 6.45) is 69.5. The maximum absolute atomic E-state index is 9.41. The van der Waals surface area contributed by atoms with Gasteiger partial charge in [0.15, 0.2) is 0 Å². The van der Waals surface area contributed by atoms with Crippen molar-refractivity contribution in [1.82, 2.24) is 0 Å². The zero-order chi connectivity index (χ0) is 56.2. The van der Waals surface area contributed by atoms with Crippen molar-refractivity contribution in [3.8, 4) is 0 Å². The zero-order valence-electron chi connectivity index (χ0n) is 53.3. The fourth-order valence-corrected chi connectivity index (χ4v) is 10.8. The van der Waals surface area contributed by atoms with Crippen molar-refractivity contribution in [1.29, 1.82) is 0 Å². The summed E-state index contributed by atoms with van der Waals surface area (Å²) in [5.74, 6) is 2.94. The Morgan fingerprint density at radius 3 is 0.872 bits per heavy atom. The molecule has 0 aliphatic heterocycles. The Hall–Kier alpha value is -2.17. The molecule has 0 spiro atoms. The third-order valence-corrected chi connectivity index (χ3v) is 16.0. The van der Waals surface area contributed by atoms with E-state index in [0.29, 0.717) is 0 Å². The molecule has 2 aromatic carbocycles. The third-order valence-electron chi connectivity index (χ3n) is 16.0. The number of unbranched alkanes of at least 4 members (excludes halogenated alkanes) is 41. The second-order valence-electron chi connectivity index (χ2n) is 23.4. The molecule has 452 valence electrons. The Kier molecular flexibility index (Phi) is 63.9. The predicted octanol–water partition coefficient (Wildman–Crippen LogP) is 26.3. The SMILES string of the molecule is CCCCCCc1ccc(C(=C(CCCC)C(=C=[N+]=[N-])CCC)c2ccc(CCCC)cc2)cc1.[CH2-]CCCCCCCCCCCCCCCCCCCC.[CH2-]CCCCCCCCCCCCCCCCCCCC.[Ni+2]. The number of hydrogen-bond acceptors (Lipinski definition) is 0. The van der Waals surface area contributed by atoms with Crippen molar-refractivity contribution < 1.29 is 21.3 Å². The van der Waals surface area contributed by atoms with Crippen LogP contribution in [-0.4, -0.2) is 10.7 Å². The minimum absolute atomic E-state index is 0. The van der Waals surface area contributed by atoms with Crippen molar-refractivity contribution in [3.05, 3.63) is 101 Å². The standard InChI is InChI=1S/C33H46N2.2C21H43.Ni/c1-5-9-12-13-16-28-20-24-30(25-21-28)33(29-22-18-27(19-23-29)15-10-6-2)32(17-11-7-3)31(14-8-4)26-35-34;2*1-3-5-7-9-11-13-15-17-19-21-20-18-16-14-12-10-8-6-4-2;/h18-25H,5-17H2,1-4H3;2*1,3-21H2,2H3;/q;2*-1;+2. The summed E-state index contributed by atoms with van der Waals surface area (Å²) in [5.41, 5.74) is 18.2. The first-order valence-corrected chi connectivity index (χ1v) is 34.5. The molecule has 78 heavy (non-hydrogen) atoms. The fraction of sp³-hybridized carbons (Fsp3) is 0.760. The van der Waals surface area contributed by atoms with Crippen molar-refractivity contribution in [2.75, 3.05) is 0 Å². The predicted molar refractivity (Wildman–Crippen MR) is 349 cm³/mol. The molecule has 0 saturated heterocycles. The molecule has 2 aromatic rings. The van der Waals surface area contributed by atoms with Crippen molar-refractivity contribution in [2.24, 2.45) is 0 Å². The molecule has 2 rings (SSSR count). The molecule has 0 radical (unpaired) electrons. The van der Waals surface area contributed by atoms with Gasteiger partial charge in [-0.1, -0.05) is 360 Å². The van der Waals surface area contributed by atoms with Gasteiger partial charge < -0.3 is 19.4 Å². The topological polar surface area (TPSA) is 36.4 Å². The Labute approximate surface area is 500 Å². The van der Waals surface area contributed by atoms with Crippen LogP contribution in [0.3, 0.4) is 0 Å². The van der Waals surface area contributed by atoms with Gasteiger partial charge >= 0.3 is 22.4 Å². The molecule has 0 aromatic heterocycles. The average molecular weight is 1120 g/mol. The van der Waals surface area contributed by atoms with Crippen LogP contribution in [0.2, 0.25) is 0 Å². The van der Waals surface area contributed by atoms with E-state index in [1.54, 1.807) is 0 Å². The molecular weight excluding hydrogens is 988 g/mol. The zero-order valence-corrected chi connectivity index (χ0v) is 54.3. The number of rotatable bonds is 52. The van der Waals surface area contributed by atoms with Crippen molar-refractivity contribution >= 4 is 11.4 Å². The van der Waals surface area contributed by atoms with Crippen LogP contribution in [0.5, 0.6) is 0 Å². The quantitative estimate of drug-likeness (QED) is 0.0120. The van der Waals surface area contributed by atoms with Gasteiger partial charge in [-0.3, -0.25) is 0 Å². The number of aryl methyl sites for hydroxylation is 2. The molecule has 0 N–H and O–H groups in total. The van der Waals surface area contributed by atoms with Gasteiger partial charge in [0, 0.05) is 0 Å². The monoisotopic (exact) mass is 1120 g/mol. The van der Waals surface area contributed by atoms with Crippen LogP contribution in [-0.2, 0) is 29.3 Å². The largest absolute Gasteiger partial charge is 2.00 e. The van der Waals surface area contributed by atoms with Crippen LogP contribution >= 0.6 is 0 Å². The summed E-state index contributed by atoms with van der Waals surface area (Å²) >= 11 is 0. The maximum Gasteiger partial charge on any atom is 2.00 e. The van der Waals surface area contributed by atoms with Crippen molar-refractivity contribution in [2.45, 2.75) is 369 Å².